The van der Waals surface area contributed by atoms with E-state index in [2.05, 4.69) is 91.0 Å². The van der Waals surface area contributed by atoms with Crippen molar-refractivity contribution in [1.82, 2.24) is 15.0 Å². The van der Waals surface area contributed by atoms with Gasteiger partial charge in [0.05, 0.1) is 0 Å². The van der Waals surface area contributed by atoms with E-state index in [0.717, 1.165) is 71.7 Å². The minimum Gasteiger partial charge on any atom is -0.456 e. The van der Waals surface area contributed by atoms with Crippen LogP contribution in [0, 0.1) is 0 Å². The first kappa shape index (κ1) is 28.7. The van der Waals surface area contributed by atoms with E-state index in [-0.39, 0.29) is 0 Å². The lowest BCUT2D eigenvalue weighted by Gasteiger charge is -2.14. The number of rotatable bonds is 4. The lowest BCUT2D eigenvalue weighted by molar-refractivity contribution is 0.668. The van der Waals surface area contributed by atoms with E-state index >= 15 is 0 Å². The van der Waals surface area contributed by atoms with Gasteiger partial charge in [-0.3, -0.25) is 0 Å². The molecule has 242 valence electrons. The van der Waals surface area contributed by atoms with Crippen LogP contribution in [0.15, 0.2) is 173 Å². The minimum absolute atomic E-state index is 0.575. The number of fused-ring (bicyclic) bond motifs is 9. The summed E-state index contributed by atoms with van der Waals surface area (Å²) in [6.45, 7) is 0. The smallest absolute Gasteiger partial charge is 0.165 e. The standard InChI is InChI=1S/C47H27N3O2/c1-2-11-30(12-3-1)45-48-46(32-22-24-41-38(27-32)35-14-6-8-16-39(35)51-41)50-47(49-45)44-34(23-25-42-43(44)36-15-7-9-17-40(36)52-42)31-21-20-29-19-18-28-10-4-5-13-33(28)37(29)26-31/h1-27H. The van der Waals surface area contributed by atoms with Crippen LogP contribution in [0.3, 0.4) is 0 Å². The molecule has 5 heteroatoms. The van der Waals surface area contributed by atoms with E-state index in [4.69, 9.17) is 23.8 Å². The zero-order chi connectivity index (χ0) is 34.2. The van der Waals surface area contributed by atoms with Crippen LogP contribution in [0.2, 0.25) is 0 Å². The van der Waals surface area contributed by atoms with Crippen molar-refractivity contribution < 1.29 is 8.83 Å². The van der Waals surface area contributed by atoms with E-state index in [1.54, 1.807) is 0 Å². The summed E-state index contributed by atoms with van der Waals surface area (Å²) in [6, 6.07) is 56.4. The molecule has 8 aromatic carbocycles. The van der Waals surface area contributed by atoms with E-state index in [9.17, 15) is 0 Å². The maximum atomic E-state index is 6.46. The molecule has 0 saturated heterocycles. The highest BCUT2D eigenvalue weighted by Gasteiger charge is 2.22. The summed E-state index contributed by atoms with van der Waals surface area (Å²) in [7, 11) is 0. The lowest BCUT2D eigenvalue weighted by Crippen LogP contribution is -2.01. The van der Waals surface area contributed by atoms with Crippen LogP contribution in [0.1, 0.15) is 0 Å². The van der Waals surface area contributed by atoms with E-state index in [0.29, 0.717) is 17.5 Å². The highest BCUT2D eigenvalue weighted by atomic mass is 16.3. The number of hydrogen-bond acceptors (Lipinski definition) is 5. The molecule has 0 aliphatic heterocycles. The molecule has 5 nitrogen and oxygen atoms in total. The summed E-state index contributed by atoms with van der Waals surface area (Å²) in [5.41, 5.74) is 8.04. The third-order valence-electron chi connectivity index (χ3n) is 10.1. The number of furan rings is 2. The maximum absolute atomic E-state index is 6.46. The third-order valence-corrected chi connectivity index (χ3v) is 10.1. The van der Waals surface area contributed by atoms with Crippen molar-refractivity contribution in [2.24, 2.45) is 0 Å². The zero-order valence-electron chi connectivity index (χ0n) is 27.7. The Bertz CT molecular complexity index is 3190. The molecule has 11 aromatic rings. The molecule has 0 bridgehead atoms. The first-order valence-corrected chi connectivity index (χ1v) is 17.3. The van der Waals surface area contributed by atoms with Crippen molar-refractivity contribution in [3.8, 4) is 45.3 Å². The number of aromatic nitrogens is 3. The van der Waals surface area contributed by atoms with Gasteiger partial charge in [0.25, 0.3) is 0 Å². The van der Waals surface area contributed by atoms with Gasteiger partial charge in [0, 0.05) is 38.2 Å². The van der Waals surface area contributed by atoms with Gasteiger partial charge in [-0.1, -0.05) is 115 Å². The molecule has 0 aliphatic rings. The van der Waals surface area contributed by atoms with Crippen molar-refractivity contribution in [3.05, 3.63) is 164 Å². The Labute approximate surface area is 297 Å². The number of nitrogens with zero attached hydrogens (tertiary/aromatic N) is 3. The van der Waals surface area contributed by atoms with E-state index < -0.39 is 0 Å². The molecule has 11 rings (SSSR count). The molecule has 0 spiro atoms. The predicted molar refractivity (Wildman–Crippen MR) is 211 cm³/mol. The highest BCUT2D eigenvalue weighted by Crippen LogP contribution is 2.43. The van der Waals surface area contributed by atoms with Crippen LogP contribution in [0.25, 0.3) is 111 Å². The Hall–Kier alpha value is -7.11. The number of hydrogen-bond donors (Lipinski definition) is 0. The van der Waals surface area contributed by atoms with Gasteiger partial charge in [0.15, 0.2) is 17.5 Å². The van der Waals surface area contributed by atoms with Gasteiger partial charge in [-0.2, -0.15) is 0 Å². The Morgan fingerprint density at radius 3 is 1.73 bits per heavy atom. The quantitative estimate of drug-likeness (QED) is 0.175. The van der Waals surface area contributed by atoms with Gasteiger partial charge >= 0.3 is 0 Å². The van der Waals surface area contributed by atoms with Crippen molar-refractivity contribution in [3.63, 3.8) is 0 Å². The Morgan fingerprint density at radius 2 is 0.885 bits per heavy atom. The third kappa shape index (κ3) is 4.46. The molecule has 52 heavy (non-hydrogen) atoms. The Morgan fingerprint density at radius 1 is 0.327 bits per heavy atom. The average molecular weight is 666 g/mol. The second-order valence-corrected chi connectivity index (χ2v) is 13.2. The summed E-state index contributed by atoms with van der Waals surface area (Å²) in [5, 5.41) is 8.86. The number of benzene rings is 8. The van der Waals surface area contributed by atoms with Crippen LogP contribution in [-0.4, -0.2) is 15.0 Å². The molecule has 0 N–H and O–H groups in total. The largest absolute Gasteiger partial charge is 0.456 e. The fourth-order valence-electron chi connectivity index (χ4n) is 7.66. The second kappa shape index (κ2) is 11.2. The lowest BCUT2D eigenvalue weighted by atomic mass is 9.92. The topological polar surface area (TPSA) is 65.0 Å². The first-order valence-electron chi connectivity index (χ1n) is 17.3. The van der Waals surface area contributed by atoms with Crippen molar-refractivity contribution in [2.45, 2.75) is 0 Å². The van der Waals surface area contributed by atoms with Crippen molar-refractivity contribution in [2.75, 3.05) is 0 Å². The van der Waals surface area contributed by atoms with Crippen LogP contribution in [0.5, 0.6) is 0 Å². The summed E-state index contributed by atoms with van der Waals surface area (Å²) >= 11 is 0. The molecule has 0 amide bonds. The Balaban J connectivity index is 1.22. The van der Waals surface area contributed by atoms with E-state index in [1.165, 1.54) is 21.5 Å². The summed E-state index contributed by atoms with van der Waals surface area (Å²) < 4.78 is 12.6. The van der Waals surface area contributed by atoms with Gasteiger partial charge in [-0.15, -0.1) is 0 Å². The molecular formula is C47H27N3O2. The molecule has 3 heterocycles. The van der Waals surface area contributed by atoms with Gasteiger partial charge in [-0.05, 0) is 81.2 Å². The van der Waals surface area contributed by atoms with Gasteiger partial charge in [0.2, 0.25) is 0 Å². The maximum Gasteiger partial charge on any atom is 0.165 e. The SMILES string of the molecule is c1ccc(-c2nc(-c3ccc4oc5ccccc5c4c3)nc(-c3c(-c4ccc5ccc6ccccc6c5c4)ccc4oc5ccccc5c34)n2)cc1. The summed E-state index contributed by atoms with van der Waals surface area (Å²) in [4.78, 5) is 15.7. The zero-order valence-corrected chi connectivity index (χ0v) is 27.7. The van der Waals surface area contributed by atoms with Gasteiger partial charge in [0.1, 0.15) is 22.3 Å². The van der Waals surface area contributed by atoms with Crippen molar-refractivity contribution >= 4 is 65.4 Å². The molecule has 0 aliphatic carbocycles. The fourth-order valence-corrected chi connectivity index (χ4v) is 7.66. The molecule has 0 fully saturated rings. The molecule has 0 atom stereocenters. The van der Waals surface area contributed by atoms with E-state index in [1.807, 2.05) is 72.8 Å². The summed E-state index contributed by atoms with van der Waals surface area (Å²) in [6.07, 6.45) is 0. The monoisotopic (exact) mass is 665 g/mol. The highest BCUT2D eigenvalue weighted by molar-refractivity contribution is 6.16. The predicted octanol–water partition coefficient (Wildman–Crippen LogP) is 12.6. The van der Waals surface area contributed by atoms with Crippen LogP contribution in [-0.2, 0) is 0 Å². The molecule has 0 unspecified atom stereocenters. The normalized spacial score (nSPS) is 11.8. The minimum atomic E-state index is 0.575. The van der Waals surface area contributed by atoms with Crippen molar-refractivity contribution in [1.29, 1.82) is 0 Å². The van der Waals surface area contributed by atoms with Crippen LogP contribution < -0.4 is 0 Å². The fraction of sp³-hybridized carbons (Fsp3) is 0. The molecule has 0 radical (unpaired) electrons. The molecular weight excluding hydrogens is 639 g/mol. The summed E-state index contributed by atoms with van der Waals surface area (Å²) in [5.74, 6) is 1.75. The molecule has 0 saturated carbocycles. The number of para-hydroxylation sites is 2. The first-order chi connectivity index (χ1) is 25.7. The van der Waals surface area contributed by atoms with Crippen LogP contribution >= 0.6 is 0 Å². The van der Waals surface area contributed by atoms with Crippen LogP contribution in [0.4, 0.5) is 0 Å². The van der Waals surface area contributed by atoms with Gasteiger partial charge in [-0.25, -0.2) is 15.0 Å². The second-order valence-electron chi connectivity index (χ2n) is 13.2. The van der Waals surface area contributed by atoms with Gasteiger partial charge < -0.3 is 8.83 Å². The average Bonchev–Trinajstić information content (AvgIpc) is 3.78. The Kier molecular flexibility index (Phi) is 6.18. The molecule has 3 aromatic heterocycles.